The Morgan fingerprint density at radius 3 is 2.59 bits per heavy atom. The average Bonchev–Trinajstić information content (AvgIpc) is 2.92. The molecule has 0 aliphatic carbocycles. The first-order valence-electron chi connectivity index (χ1n) is 12.1. The van der Waals surface area contributed by atoms with Gasteiger partial charge in [-0.3, -0.25) is 14.6 Å². The summed E-state index contributed by atoms with van der Waals surface area (Å²) >= 11 is 1.48. The van der Waals surface area contributed by atoms with Gasteiger partial charge in [0.05, 0.1) is 17.1 Å². The third-order valence-corrected chi connectivity index (χ3v) is 7.39. The van der Waals surface area contributed by atoms with Crippen molar-refractivity contribution in [2.75, 3.05) is 4.90 Å². The van der Waals surface area contributed by atoms with Crippen LogP contribution in [0.4, 0.5) is 5.69 Å². The second-order valence-corrected chi connectivity index (χ2v) is 10.1. The Bertz CT molecular complexity index is 1480. The fraction of sp³-hybridized carbons (Fsp3) is 0.129. The van der Waals surface area contributed by atoms with Crippen molar-refractivity contribution in [3.05, 3.63) is 130 Å². The summed E-state index contributed by atoms with van der Waals surface area (Å²) in [5, 5.41) is 2.91. The lowest BCUT2D eigenvalue weighted by Crippen LogP contribution is -2.34. The lowest BCUT2D eigenvalue weighted by atomic mass is 10.0. The summed E-state index contributed by atoms with van der Waals surface area (Å²) in [5.41, 5.74) is 6.77. The Morgan fingerprint density at radius 1 is 1.00 bits per heavy atom. The molecule has 3 aromatic carbocycles. The molecule has 1 aromatic heterocycles. The largest absolute Gasteiger partial charge is 0.348 e. The Morgan fingerprint density at radius 2 is 1.81 bits per heavy atom. The number of hydrogen-bond acceptors (Lipinski definition) is 4. The van der Waals surface area contributed by atoms with E-state index in [0.29, 0.717) is 23.6 Å². The molecule has 0 bridgehead atoms. The number of hydrogen-bond donors (Lipinski definition) is 1. The molecule has 0 spiro atoms. The third kappa shape index (κ3) is 5.65. The van der Waals surface area contributed by atoms with Crippen LogP contribution in [-0.4, -0.2) is 16.8 Å². The maximum Gasteiger partial charge on any atom is 0.265 e. The van der Waals surface area contributed by atoms with Crippen LogP contribution in [0.1, 0.15) is 38.2 Å². The number of carbonyl (C=O) groups is 2. The fourth-order valence-corrected chi connectivity index (χ4v) is 5.29. The molecule has 0 fully saturated rings. The van der Waals surface area contributed by atoms with Gasteiger partial charge < -0.3 is 10.2 Å². The molecule has 184 valence electrons. The van der Waals surface area contributed by atoms with Gasteiger partial charge in [-0.2, -0.15) is 0 Å². The SMILES string of the molecule is Cc1ccc(C)c(CN2C(=O)/C(=C/c3ccc(C(=O)NCc4cccnc4)cc3)Sc3ccccc32)c1. The number of benzene rings is 3. The first-order chi connectivity index (χ1) is 18.0. The number of aryl methyl sites for hydroxylation is 2. The van der Waals surface area contributed by atoms with E-state index in [-0.39, 0.29) is 11.8 Å². The third-order valence-electron chi connectivity index (χ3n) is 6.31. The smallest absolute Gasteiger partial charge is 0.265 e. The van der Waals surface area contributed by atoms with Crippen LogP contribution >= 0.6 is 11.8 Å². The quantitative estimate of drug-likeness (QED) is 0.312. The maximum absolute atomic E-state index is 13.7. The zero-order valence-corrected chi connectivity index (χ0v) is 21.6. The number of nitrogens with zero attached hydrogens (tertiary/aromatic N) is 2. The summed E-state index contributed by atoms with van der Waals surface area (Å²) in [5.74, 6) is -0.178. The first-order valence-corrected chi connectivity index (χ1v) is 12.9. The number of rotatable bonds is 6. The molecule has 0 saturated heterocycles. The summed E-state index contributed by atoms with van der Waals surface area (Å²) in [6, 6.07) is 25.4. The summed E-state index contributed by atoms with van der Waals surface area (Å²) in [6.45, 7) is 5.07. The topological polar surface area (TPSA) is 62.3 Å². The van der Waals surface area contributed by atoms with Crippen LogP contribution in [0.15, 0.2) is 101 Å². The van der Waals surface area contributed by atoms with Crippen molar-refractivity contribution in [2.45, 2.75) is 31.8 Å². The van der Waals surface area contributed by atoms with Crippen molar-refractivity contribution in [1.82, 2.24) is 10.3 Å². The minimum absolute atomic E-state index is 0.0251. The van der Waals surface area contributed by atoms with Gasteiger partial charge in [-0.25, -0.2) is 0 Å². The lowest BCUT2D eigenvalue weighted by molar-refractivity contribution is -0.114. The van der Waals surface area contributed by atoms with E-state index < -0.39 is 0 Å². The number of anilines is 1. The zero-order chi connectivity index (χ0) is 25.8. The molecule has 4 aromatic rings. The number of amides is 2. The number of pyridine rings is 1. The molecular formula is C31H27N3O2S. The van der Waals surface area contributed by atoms with E-state index in [1.54, 1.807) is 24.5 Å². The van der Waals surface area contributed by atoms with Crippen LogP contribution < -0.4 is 10.2 Å². The van der Waals surface area contributed by atoms with E-state index >= 15 is 0 Å². The number of nitrogens with one attached hydrogen (secondary N) is 1. The van der Waals surface area contributed by atoms with Crippen LogP contribution in [0.2, 0.25) is 0 Å². The number of thioether (sulfide) groups is 1. The monoisotopic (exact) mass is 505 g/mol. The Kier molecular flexibility index (Phi) is 7.19. The molecule has 1 N–H and O–H groups in total. The zero-order valence-electron chi connectivity index (χ0n) is 20.8. The van der Waals surface area contributed by atoms with Gasteiger partial charge >= 0.3 is 0 Å². The van der Waals surface area contributed by atoms with E-state index in [9.17, 15) is 9.59 Å². The molecule has 0 atom stereocenters. The molecular weight excluding hydrogens is 478 g/mol. The molecule has 0 unspecified atom stereocenters. The van der Waals surface area contributed by atoms with Gasteiger partial charge in [0, 0.05) is 29.4 Å². The highest BCUT2D eigenvalue weighted by molar-refractivity contribution is 8.04. The minimum Gasteiger partial charge on any atom is -0.348 e. The molecule has 5 rings (SSSR count). The minimum atomic E-state index is -0.153. The predicted octanol–water partition coefficient (Wildman–Crippen LogP) is 6.31. The Hall–Kier alpha value is -4.16. The molecule has 0 saturated carbocycles. The molecule has 1 aliphatic heterocycles. The van der Waals surface area contributed by atoms with E-state index in [1.165, 1.54) is 17.3 Å². The van der Waals surface area contributed by atoms with E-state index in [0.717, 1.165) is 32.8 Å². The highest BCUT2D eigenvalue weighted by atomic mass is 32.2. The first kappa shape index (κ1) is 24.5. The Balaban J connectivity index is 1.36. The van der Waals surface area contributed by atoms with Gasteiger partial charge in [0.25, 0.3) is 11.8 Å². The van der Waals surface area contributed by atoms with E-state index in [2.05, 4.69) is 42.3 Å². The molecule has 0 radical (unpaired) electrons. The van der Waals surface area contributed by atoms with Gasteiger partial charge in [0.2, 0.25) is 0 Å². The molecule has 2 heterocycles. The van der Waals surface area contributed by atoms with Crippen molar-refractivity contribution < 1.29 is 9.59 Å². The second-order valence-electron chi connectivity index (χ2n) is 9.07. The van der Waals surface area contributed by atoms with E-state index in [1.807, 2.05) is 59.5 Å². The van der Waals surface area contributed by atoms with Gasteiger partial charge in [-0.15, -0.1) is 0 Å². The Labute approximate surface area is 221 Å². The van der Waals surface area contributed by atoms with Gasteiger partial charge in [-0.1, -0.05) is 65.9 Å². The van der Waals surface area contributed by atoms with Crippen molar-refractivity contribution in [1.29, 1.82) is 0 Å². The van der Waals surface area contributed by atoms with Crippen LogP contribution in [0.3, 0.4) is 0 Å². The van der Waals surface area contributed by atoms with Crippen LogP contribution in [-0.2, 0) is 17.9 Å². The van der Waals surface area contributed by atoms with Crippen molar-refractivity contribution in [2.24, 2.45) is 0 Å². The van der Waals surface area contributed by atoms with Gasteiger partial charge in [0.1, 0.15) is 0 Å². The standard InChI is InChI=1S/C31H27N3O2S/c1-21-9-10-22(2)26(16-21)20-34-27-7-3-4-8-28(27)37-29(31(34)36)17-23-11-13-25(14-12-23)30(35)33-19-24-6-5-15-32-18-24/h3-18H,19-20H2,1-2H3,(H,33,35)/b29-17-. The highest BCUT2D eigenvalue weighted by Crippen LogP contribution is 2.42. The summed E-state index contributed by atoms with van der Waals surface area (Å²) in [6.07, 6.45) is 5.34. The summed E-state index contributed by atoms with van der Waals surface area (Å²) in [4.78, 5) is 33.8. The summed E-state index contributed by atoms with van der Waals surface area (Å²) in [7, 11) is 0. The van der Waals surface area contributed by atoms with Crippen molar-refractivity contribution >= 4 is 35.3 Å². The number of fused-ring (bicyclic) bond motifs is 1. The van der Waals surface area contributed by atoms with Crippen LogP contribution in [0.25, 0.3) is 6.08 Å². The highest BCUT2D eigenvalue weighted by Gasteiger charge is 2.29. The number of aromatic nitrogens is 1. The predicted molar refractivity (Wildman–Crippen MR) is 149 cm³/mol. The van der Waals surface area contributed by atoms with Crippen LogP contribution in [0.5, 0.6) is 0 Å². The molecule has 6 heteroatoms. The van der Waals surface area contributed by atoms with Crippen molar-refractivity contribution in [3.8, 4) is 0 Å². The fourth-order valence-electron chi connectivity index (χ4n) is 4.23. The second kappa shape index (κ2) is 10.8. The maximum atomic E-state index is 13.7. The molecule has 2 amide bonds. The molecule has 5 nitrogen and oxygen atoms in total. The normalized spacial score (nSPS) is 13.9. The van der Waals surface area contributed by atoms with Crippen molar-refractivity contribution in [3.63, 3.8) is 0 Å². The van der Waals surface area contributed by atoms with E-state index in [4.69, 9.17) is 0 Å². The lowest BCUT2D eigenvalue weighted by Gasteiger charge is -2.31. The van der Waals surface area contributed by atoms with Gasteiger partial charge in [-0.05, 0) is 72.5 Å². The number of carbonyl (C=O) groups excluding carboxylic acids is 2. The average molecular weight is 506 g/mol. The molecule has 37 heavy (non-hydrogen) atoms. The molecule has 1 aliphatic rings. The van der Waals surface area contributed by atoms with Gasteiger partial charge in [0.15, 0.2) is 0 Å². The van der Waals surface area contributed by atoms with Crippen LogP contribution in [0, 0.1) is 13.8 Å². The number of para-hydroxylation sites is 1. The summed E-state index contributed by atoms with van der Waals surface area (Å²) < 4.78 is 0.